The molecule has 16 heavy (non-hydrogen) atoms. The SMILES string of the molecule is C=C1CN(C)CC(=C)B1N(C(C)C)C(C)C. The lowest BCUT2D eigenvalue weighted by Crippen LogP contribution is -2.55. The summed E-state index contributed by atoms with van der Waals surface area (Å²) < 4.78 is 0. The van der Waals surface area contributed by atoms with Gasteiger partial charge in [-0.1, -0.05) is 38.6 Å². The third kappa shape index (κ3) is 2.77. The second kappa shape index (κ2) is 5.20. The van der Waals surface area contributed by atoms with Gasteiger partial charge in [-0.2, -0.15) is 0 Å². The molecule has 0 aliphatic carbocycles. The number of hydrogen-bond acceptors (Lipinski definition) is 2. The van der Waals surface area contributed by atoms with Crippen molar-refractivity contribution in [2.75, 3.05) is 20.1 Å². The zero-order chi connectivity index (χ0) is 12.5. The molecule has 0 saturated carbocycles. The van der Waals surface area contributed by atoms with Crippen LogP contribution in [-0.2, 0) is 0 Å². The first-order valence-corrected chi connectivity index (χ1v) is 6.16. The van der Waals surface area contributed by atoms with Crippen LogP contribution >= 0.6 is 0 Å². The smallest absolute Gasteiger partial charge is 0.285 e. The van der Waals surface area contributed by atoms with E-state index in [0.29, 0.717) is 18.9 Å². The van der Waals surface area contributed by atoms with Gasteiger partial charge >= 0.3 is 0 Å². The van der Waals surface area contributed by atoms with Crippen molar-refractivity contribution in [3.63, 3.8) is 0 Å². The maximum Gasteiger partial charge on any atom is 0.285 e. The van der Waals surface area contributed by atoms with Crippen LogP contribution in [0, 0.1) is 0 Å². The summed E-state index contributed by atoms with van der Waals surface area (Å²) in [6, 6.07) is 1.06. The molecule has 0 aromatic heterocycles. The molecule has 0 unspecified atom stereocenters. The standard InChI is InChI=1S/C13H25BN2/c1-10(2)16(11(3)4)14-12(5)8-15(7)9-13(14)6/h10-11H,5-6,8-9H2,1-4,7H3. The minimum Gasteiger partial charge on any atom is -0.330 e. The first-order valence-electron chi connectivity index (χ1n) is 6.16. The van der Waals surface area contributed by atoms with E-state index in [2.05, 4.69) is 57.6 Å². The van der Waals surface area contributed by atoms with Crippen LogP contribution in [0.25, 0.3) is 0 Å². The second-order valence-corrected chi connectivity index (χ2v) is 5.53. The Kier molecular flexibility index (Phi) is 4.39. The van der Waals surface area contributed by atoms with Crippen molar-refractivity contribution in [3.8, 4) is 0 Å². The molecule has 0 atom stereocenters. The van der Waals surface area contributed by atoms with Gasteiger partial charge in [0.2, 0.25) is 0 Å². The van der Waals surface area contributed by atoms with Crippen LogP contribution in [-0.4, -0.2) is 48.8 Å². The van der Waals surface area contributed by atoms with Crippen LogP contribution in [0.15, 0.2) is 24.1 Å². The summed E-state index contributed by atoms with van der Waals surface area (Å²) in [6.45, 7) is 19.8. The monoisotopic (exact) mass is 220 g/mol. The average molecular weight is 220 g/mol. The van der Waals surface area contributed by atoms with Crippen LogP contribution in [0.4, 0.5) is 0 Å². The summed E-state index contributed by atoms with van der Waals surface area (Å²) in [4.78, 5) is 4.79. The van der Waals surface area contributed by atoms with Gasteiger partial charge in [0.25, 0.3) is 6.85 Å². The van der Waals surface area contributed by atoms with Gasteiger partial charge in [-0.15, -0.1) is 13.2 Å². The highest BCUT2D eigenvalue weighted by Gasteiger charge is 2.35. The van der Waals surface area contributed by atoms with Gasteiger partial charge < -0.3 is 4.81 Å². The third-order valence-electron chi connectivity index (χ3n) is 3.21. The molecule has 0 amide bonds. The van der Waals surface area contributed by atoms with Crippen molar-refractivity contribution in [1.82, 2.24) is 9.71 Å². The normalized spacial score (nSPS) is 19.4. The lowest BCUT2D eigenvalue weighted by atomic mass is 9.46. The summed E-state index contributed by atoms with van der Waals surface area (Å²) in [6.07, 6.45) is 0. The van der Waals surface area contributed by atoms with E-state index in [9.17, 15) is 0 Å². The van der Waals surface area contributed by atoms with Crippen molar-refractivity contribution >= 4 is 6.85 Å². The highest BCUT2D eigenvalue weighted by molar-refractivity contribution is 6.71. The minimum absolute atomic E-state index is 0.358. The number of nitrogens with zero attached hydrogens (tertiary/aromatic N) is 2. The van der Waals surface area contributed by atoms with Gasteiger partial charge in [0.15, 0.2) is 0 Å². The first kappa shape index (κ1) is 13.5. The zero-order valence-electron chi connectivity index (χ0n) is 11.5. The second-order valence-electron chi connectivity index (χ2n) is 5.53. The van der Waals surface area contributed by atoms with E-state index in [1.165, 1.54) is 10.9 Å². The molecule has 1 aliphatic heterocycles. The van der Waals surface area contributed by atoms with Gasteiger partial charge in [0, 0.05) is 13.1 Å². The van der Waals surface area contributed by atoms with Crippen molar-refractivity contribution in [2.45, 2.75) is 39.8 Å². The Balaban J connectivity index is 2.91. The Morgan fingerprint density at radius 1 is 1.06 bits per heavy atom. The summed E-state index contributed by atoms with van der Waals surface area (Å²) >= 11 is 0. The van der Waals surface area contributed by atoms with Crippen LogP contribution in [0.5, 0.6) is 0 Å². The lowest BCUT2D eigenvalue weighted by Gasteiger charge is -2.42. The fourth-order valence-electron chi connectivity index (χ4n) is 2.83. The Hall–Kier alpha value is -0.535. The molecule has 1 aliphatic rings. The van der Waals surface area contributed by atoms with Gasteiger partial charge in [0.1, 0.15) is 0 Å². The third-order valence-corrected chi connectivity index (χ3v) is 3.21. The van der Waals surface area contributed by atoms with E-state index in [4.69, 9.17) is 0 Å². The van der Waals surface area contributed by atoms with E-state index in [-0.39, 0.29) is 0 Å². The highest BCUT2D eigenvalue weighted by Crippen LogP contribution is 2.23. The molecule has 0 spiro atoms. The summed E-state index contributed by atoms with van der Waals surface area (Å²) in [7, 11) is 2.13. The number of hydrogen-bond donors (Lipinski definition) is 0. The summed E-state index contributed by atoms with van der Waals surface area (Å²) in [5, 5.41) is 0. The van der Waals surface area contributed by atoms with Gasteiger partial charge in [0.05, 0.1) is 0 Å². The lowest BCUT2D eigenvalue weighted by molar-refractivity contribution is 0.297. The molecule has 1 rings (SSSR count). The Morgan fingerprint density at radius 2 is 1.44 bits per heavy atom. The molecule has 3 heteroatoms. The molecular formula is C13H25BN2. The van der Waals surface area contributed by atoms with E-state index in [1.54, 1.807) is 0 Å². The molecule has 0 radical (unpaired) electrons. The summed E-state index contributed by atoms with van der Waals surface area (Å²) in [5.41, 5.74) is 2.56. The Bertz CT molecular complexity index is 258. The largest absolute Gasteiger partial charge is 0.330 e. The number of rotatable bonds is 3. The quantitative estimate of drug-likeness (QED) is 0.673. The fourth-order valence-corrected chi connectivity index (χ4v) is 2.83. The highest BCUT2D eigenvalue weighted by atomic mass is 15.1. The first-order chi connectivity index (χ1) is 7.34. The number of likely N-dealkylation sites (N-methyl/N-ethyl adjacent to an activating group) is 1. The van der Waals surface area contributed by atoms with E-state index in [0.717, 1.165) is 13.1 Å². The molecule has 0 aromatic carbocycles. The van der Waals surface area contributed by atoms with E-state index >= 15 is 0 Å². The molecule has 1 saturated heterocycles. The van der Waals surface area contributed by atoms with E-state index < -0.39 is 0 Å². The molecule has 0 aromatic rings. The van der Waals surface area contributed by atoms with Crippen molar-refractivity contribution in [2.24, 2.45) is 0 Å². The molecule has 1 fully saturated rings. The molecular weight excluding hydrogens is 195 g/mol. The molecule has 1 heterocycles. The van der Waals surface area contributed by atoms with Crippen molar-refractivity contribution in [1.29, 1.82) is 0 Å². The molecule has 0 bridgehead atoms. The molecule has 90 valence electrons. The predicted molar refractivity (Wildman–Crippen MR) is 73.6 cm³/mol. The Morgan fingerprint density at radius 3 is 1.75 bits per heavy atom. The van der Waals surface area contributed by atoms with Gasteiger partial charge in [-0.25, -0.2) is 0 Å². The van der Waals surface area contributed by atoms with Gasteiger partial charge in [-0.3, -0.25) is 4.90 Å². The summed E-state index contributed by atoms with van der Waals surface area (Å²) in [5.74, 6) is 0. The maximum absolute atomic E-state index is 4.24. The van der Waals surface area contributed by atoms with Crippen molar-refractivity contribution < 1.29 is 0 Å². The van der Waals surface area contributed by atoms with Crippen LogP contribution in [0.1, 0.15) is 27.7 Å². The van der Waals surface area contributed by atoms with Crippen LogP contribution in [0.3, 0.4) is 0 Å². The van der Waals surface area contributed by atoms with Crippen LogP contribution < -0.4 is 0 Å². The average Bonchev–Trinajstić information content (AvgIpc) is 2.09. The zero-order valence-corrected chi connectivity index (χ0v) is 11.5. The topological polar surface area (TPSA) is 6.48 Å². The van der Waals surface area contributed by atoms with Crippen molar-refractivity contribution in [3.05, 3.63) is 24.1 Å². The Labute approximate surface area is 101 Å². The predicted octanol–water partition coefficient (Wildman–Crippen LogP) is 2.23. The van der Waals surface area contributed by atoms with E-state index in [1.807, 2.05) is 0 Å². The van der Waals surface area contributed by atoms with Gasteiger partial charge in [-0.05, 0) is 19.1 Å². The maximum atomic E-state index is 4.24. The minimum atomic E-state index is 0.358. The molecule has 2 nitrogen and oxygen atoms in total. The van der Waals surface area contributed by atoms with Crippen LogP contribution in [0.2, 0.25) is 0 Å². The molecule has 0 N–H and O–H groups in total. The fraction of sp³-hybridized carbons (Fsp3) is 0.692.